The predicted octanol–water partition coefficient (Wildman–Crippen LogP) is 2.57. The molecule has 0 fully saturated rings. The minimum Gasteiger partial charge on any atom is -0.466 e. The summed E-state index contributed by atoms with van der Waals surface area (Å²) in [4.78, 5) is 10.6. The number of rotatable bonds is 4. The summed E-state index contributed by atoms with van der Waals surface area (Å²) in [7, 11) is -4.34. The van der Waals surface area contributed by atoms with E-state index in [1.54, 1.807) is 24.3 Å². The van der Waals surface area contributed by atoms with E-state index in [2.05, 4.69) is 15.9 Å². The number of carbonyl (C=O) groups is 1. The van der Waals surface area contributed by atoms with Gasteiger partial charge in [0, 0.05) is 74.6 Å². The van der Waals surface area contributed by atoms with E-state index >= 15 is 0 Å². The number of carbonyl (C=O) groups excluding carboxylic acids is 1. The molecule has 5 nitrogen and oxygen atoms in total. The molecule has 2 rings (SSSR count). The van der Waals surface area contributed by atoms with Crippen LogP contribution in [0.1, 0.15) is 12.5 Å². The molecule has 1 N–H and O–H groups in total. The molecule has 0 unspecified atom stereocenters. The van der Waals surface area contributed by atoms with Crippen LogP contribution in [0.5, 0.6) is 0 Å². The van der Waals surface area contributed by atoms with Gasteiger partial charge in [0.25, 0.3) is 10.1 Å². The molecule has 113 valence electrons. The van der Waals surface area contributed by atoms with Gasteiger partial charge in [-0.3, -0.25) is 9.35 Å². The van der Waals surface area contributed by atoms with Crippen LogP contribution < -0.4 is 0 Å². The molecule has 0 saturated carbocycles. The number of hydrogen-bond acceptors (Lipinski definition) is 4. The summed E-state index contributed by atoms with van der Waals surface area (Å²) in [6.07, 6.45) is 0.341. The Labute approximate surface area is 179 Å². The first kappa shape index (κ1) is 20.2. The van der Waals surface area contributed by atoms with Crippen molar-refractivity contribution in [2.45, 2.75) is 18.2 Å². The van der Waals surface area contributed by atoms with Crippen LogP contribution >= 0.6 is 15.9 Å². The van der Waals surface area contributed by atoms with E-state index in [9.17, 15) is 17.8 Å². The Morgan fingerprint density at radius 2 is 1.86 bits per heavy atom. The van der Waals surface area contributed by atoms with Crippen LogP contribution in [0.15, 0.2) is 39.7 Å². The quantitative estimate of drug-likeness (QED) is 0.474. The zero-order chi connectivity index (χ0) is 15.6. The van der Waals surface area contributed by atoms with Gasteiger partial charge in [0.1, 0.15) is 4.90 Å². The van der Waals surface area contributed by atoms with Gasteiger partial charge in [-0.05, 0) is 32.9 Å². The van der Waals surface area contributed by atoms with Gasteiger partial charge in [-0.1, -0.05) is 24.3 Å². The normalized spacial score (nSPS) is 11.0. The largest absolute Gasteiger partial charge is 0.466 e. The fourth-order valence-electron chi connectivity index (χ4n) is 2.06. The smallest absolute Gasteiger partial charge is 0.302 e. The molecule has 8 heteroatoms. The van der Waals surface area contributed by atoms with E-state index in [1.807, 2.05) is 0 Å². The van der Waals surface area contributed by atoms with Crippen LogP contribution in [0.4, 0.5) is 0 Å². The fourth-order valence-corrected chi connectivity index (χ4v) is 3.47. The van der Waals surface area contributed by atoms with Crippen LogP contribution in [0.3, 0.4) is 0 Å². The van der Waals surface area contributed by atoms with Crippen LogP contribution in [0, 0.1) is 0 Å². The van der Waals surface area contributed by atoms with Crippen molar-refractivity contribution in [2.75, 3.05) is 6.61 Å². The summed E-state index contributed by atoms with van der Waals surface area (Å²) in [5.41, 5.74) is 0.641. The van der Waals surface area contributed by atoms with Gasteiger partial charge in [0.2, 0.25) is 0 Å². The molecule has 0 amide bonds. The van der Waals surface area contributed by atoms with E-state index in [-0.39, 0.29) is 62.9 Å². The van der Waals surface area contributed by atoms with E-state index in [4.69, 9.17) is 4.74 Å². The number of fused-ring (bicyclic) bond motifs is 1. The predicted molar refractivity (Wildman–Crippen MR) is 87.6 cm³/mol. The number of benzene rings is 2. The maximum atomic E-state index is 11.5. The van der Waals surface area contributed by atoms with Gasteiger partial charge < -0.3 is 4.74 Å². The Morgan fingerprint density at radius 1 is 1.27 bits per heavy atom. The molecule has 0 bridgehead atoms. The van der Waals surface area contributed by atoms with E-state index in [0.717, 1.165) is 4.47 Å². The summed E-state index contributed by atoms with van der Waals surface area (Å²) >= 11 is 3.43. The fraction of sp³-hybridized carbons (Fsp3) is 0.214. The summed E-state index contributed by atoms with van der Waals surface area (Å²) in [6.45, 7) is 1.44. The van der Waals surface area contributed by atoms with Crippen molar-refractivity contribution < 1.29 is 22.5 Å². The Hall–Kier alpha value is 0.196. The first-order valence-electron chi connectivity index (χ1n) is 6.11. The van der Waals surface area contributed by atoms with Gasteiger partial charge in [-0.2, -0.15) is 8.42 Å². The second-order valence-electron chi connectivity index (χ2n) is 4.46. The Kier molecular flexibility index (Phi) is 7.67. The zero-order valence-electron chi connectivity index (χ0n) is 12.2. The minimum absolute atomic E-state index is 0. The number of hydrogen-bond donors (Lipinski definition) is 1. The van der Waals surface area contributed by atoms with Gasteiger partial charge >= 0.3 is 5.97 Å². The molecular weight excluding hydrogens is 399 g/mol. The SMILES string of the molecule is CC(=O)OCCc1cc(S(=O)(=O)O)c2ccccc2c1Br.[K]. The molecule has 0 spiro atoms. The second-order valence-corrected chi connectivity index (χ2v) is 6.64. The van der Waals surface area contributed by atoms with Crippen molar-refractivity contribution >= 4 is 94.2 Å². The molecule has 0 saturated heterocycles. The molecule has 1 radical (unpaired) electrons. The van der Waals surface area contributed by atoms with E-state index < -0.39 is 16.1 Å². The molecule has 2 aromatic rings. The standard InChI is InChI=1S/C14H13BrO5S.K/c1-9(16)20-7-6-10-8-13(21(17,18)19)11-4-2-3-5-12(11)14(10)15;/h2-5,8H,6-7H2,1H3,(H,17,18,19);. The molecule has 0 aliphatic heterocycles. The van der Waals surface area contributed by atoms with Gasteiger partial charge in [0.15, 0.2) is 0 Å². The summed E-state index contributed by atoms with van der Waals surface area (Å²) in [6, 6.07) is 8.24. The molecular formula is C14H13BrKO5S. The van der Waals surface area contributed by atoms with Gasteiger partial charge in [-0.25, -0.2) is 0 Å². The third-order valence-electron chi connectivity index (χ3n) is 2.97. The summed E-state index contributed by atoms with van der Waals surface area (Å²) < 4.78 is 38.1. The number of halogens is 1. The van der Waals surface area contributed by atoms with E-state index in [0.29, 0.717) is 22.8 Å². The van der Waals surface area contributed by atoms with Crippen molar-refractivity contribution in [1.82, 2.24) is 0 Å². The number of ether oxygens (including phenoxy) is 1. The van der Waals surface area contributed by atoms with Crippen molar-refractivity contribution in [2.24, 2.45) is 0 Å². The van der Waals surface area contributed by atoms with Gasteiger partial charge in [-0.15, -0.1) is 0 Å². The molecule has 0 atom stereocenters. The van der Waals surface area contributed by atoms with Crippen molar-refractivity contribution in [3.63, 3.8) is 0 Å². The third-order valence-corrected chi connectivity index (χ3v) is 4.80. The van der Waals surface area contributed by atoms with Crippen LogP contribution in [0.2, 0.25) is 0 Å². The molecule has 22 heavy (non-hydrogen) atoms. The minimum atomic E-state index is -4.34. The maximum absolute atomic E-state index is 11.5. The van der Waals surface area contributed by atoms with Crippen molar-refractivity contribution in [3.8, 4) is 0 Å². The van der Waals surface area contributed by atoms with Crippen LogP contribution in [-0.2, 0) is 26.1 Å². The summed E-state index contributed by atoms with van der Waals surface area (Å²) in [5, 5.41) is 1.11. The molecule has 0 aromatic heterocycles. The Bertz CT molecular complexity index is 804. The molecule has 0 aliphatic carbocycles. The van der Waals surface area contributed by atoms with E-state index in [1.165, 1.54) is 13.0 Å². The molecule has 0 heterocycles. The molecule has 0 aliphatic rings. The first-order chi connectivity index (χ1) is 9.80. The monoisotopic (exact) mass is 411 g/mol. The topological polar surface area (TPSA) is 80.7 Å². The van der Waals surface area contributed by atoms with Crippen LogP contribution in [-0.4, -0.2) is 76.9 Å². The second kappa shape index (κ2) is 8.34. The van der Waals surface area contributed by atoms with Gasteiger partial charge in [0.05, 0.1) is 6.61 Å². The summed E-state index contributed by atoms with van der Waals surface area (Å²) in [5.74, 6) is -0.401. The molecule has 2 aromatic carbocycles. The average Bonchev–Trinajstić information content (AvgIpc) is 2.40. The Morgan fingerprint density at radius 3 is 2.41 bits per heavy atom. The van der Waals surface area contributed by atoms with Crippen molar-refractivity contribution in [1.29, 1.82) is 0 Å². The third kappa shape index (κ3) is 4.84. The number of esters is 1. The Balaban J connectivity index is 0.00000242. The average molecular weight is 412 g/mol. The first-order valence-corrected chi connectivity index (χ1v) is 8.35. The zero-order valence-corrected chi connectivity index (χ0v) is 17.7. The van der Waals surface area contributed by atoms with Crippen molar-refractivity contribution in [3.05, 3.63) is 40.4 Å². The maximum Gasteiger partial charge on any atom is 0.302 e. The van der Waals surface area contributed by atoms with Crippen LogP contribution in [0.25, 0.3) is 10.8 Å².